The van der Waals surface area contributed by atoms with E-state index in [0.29, 0.717) is 43.5 Å². The zero-order valence-corrected chi connectivity index (χ0v) is 18.7. The van der Waals surface area contributed by atoms with Gasteiger partial charge < -0.3 is 9.80 Å². The van der Waals surface area contributed by atoms with Crippen molar-refractivity contribution in [1.29, 1.82) is 0 Å². The van der Waals surface area contributed by atoms with Gasteiger partial charge in [0, 0.05) is 52.4 Å². The van der Waals surface area contributed by atoms with Gasteiger partial charge in [-0.25, -0.2) is 8.42 Å². The maximum atomic E-state index is 13.0. The van der Waals surface area contributed by atoms with E-state index < -0.39 is 10.0 Å². The Bertz CT molecular complexity index is 781. The maximum absolute atomic E-state index is 13.0. The Kier molecular flexibility index (Phi) is 7.32. The molecule has 1 amide bonds. The van der Waals surface area contributed by atoms with Crippen molar-refractivity contribution in [3.63, 3.8) is 0 Å². The van der Waals surface area contributed by atoms with Crippen molar-refractivity contribution >= 4 is 15.9 Å². The summed E-state index contributed by atoms with van der Waals surface area (Å²) in [5.41, 5.74) is 1.16. The monoisotopic (exact) mass is 422 g/mol. The maximum Gasteiger partial charge on any atom is 0.243 e. The van der Waals surface area contributed by atoms with E-state index in [9.17, 15) is 13.2 Å². The van der Waals surface area contributed by atoms with Crippen LogP contribution in [0.4, 0.5) is 0 Å². The van der Waals surface area contributed by atoms with E-state index in [1.807, 2.05) is 12.1 Å². The minimum absolute atomic E-state index is 0.101. The van der Waals surface area contributed by atoms with Gasteiger partial charge in [-0.15, -0.1) is 0 Å². The largest absolute Gasteiger partial charge is 0.339 e. The van der Waals surface area contributed by atoms with Crippen LogP contribution in [0.1, 0.15) is 31.7 Å². The first-order valence-electron chi connectivity index (χ1n) is 10.6. The summed E-state index contributed by atoms with van der Waals surface area (Å²) in [5.74, 6) is 0.520. The van der Waals surface area contributed by atoms with Gasteiger partial charge in [-0.3, -0.25) is 9.69 Å². The molecule has 2 aliphatic rings. The van der Waals surface area contributed by atoms with Gasteiger partial charge in [0.2, 0.25) is 15.9 Å². The van der Waals surface area contributed by atoms with Crippen LogP contribution in [0.25, 0.3) is 0 Å². The first kappa shape index (κ1) is 22.2. The van der Waals surface area contributed by atoms with Crippen LogP contribution in [-0.4, -0.2) is 99.3 Å². The minimum Gasteiger partial charge on any atom is -0.339 e. The fraction of sp³-hybridized carbons (Fsp3) is 0.667. The summed E-state index contributed by atoms with van der Waals surface area (Å²) in [6.07, 6.45) is 1.02. The highest BCUT2D eigenvalue weighted by Gasteiger charge is 2.30. The second kappa shape index (κ2) is 9.55. The Morgan fingerprint density at radius 3 is 2.10 bits per heavy atom. The average Bonchev–Trinajstić information content (AvgIpc) is 2.75. The van der Waals surface area contributed by atoms with E-state index >= 15 is 0 Å². The van der Waals surface area contributed by atoms with E-state index in [4.69, 9.17) is 0 Å². The number of sulfonamides is 1. The third-order valence-corrected chi connectivity index (χ3v) is 8.16. The van der Waals surface area contributed by atoms with Crippen molar-refractivity contribution in [2.45, 2.75) is 31.1 Å². The molecule has 0 N–H and O–H groups in total. The summed E-state index contributed by atoms with van der Waals surface area (Å²) >= 11 is 0. The molecule has 1 atom stereocenters. The van der Waals surface area contributed by atoms with Crippen molar-refractivity contribution in [3.05, 3.63) is 29.8 Å². The van der Waals surface area contributed by atoms with Crippen molar-refractivity contribution in [3.8, 4) is 0 Å². The summed E-state index contributed by atoms with van der Waals surface area (Å²) in [5, 5.41) is 0. The predicted molar refractivity (Wildman–Crippen MR) is 114 cm³/mol. The Hall–Kier alpha value is -1.48. The zero-order chi connectivity index (χ0) is 21.0. The highest BCUT2D eigenvalue weighted by atomic mass is 32.2. The predicted octanol–water partition coefficient (Wildman–Crippen LogP) is 1.28. The van der Waals surface area contributed by atoms with Crippen LogP contribution in [0.15, 0.2) is 29.2 Å². The quantitative estimate of drug-likeness (QED) is 0.691. The van der Waals surface area contributed by atoms with Crippen LogP contribution >= 0.6 is 0 Å². The van der Waals surface area contributed by atoms with Gasteiger partial charge in [0.25, 0.3) is 0 Å². The highest BCUT2D eigenvalue weighted by Crippen LogP contribution is 2.23. The molecule has 0 bridgehead atoms. The highest BCUT2D eigenvalue weighted by molar-refractivity contribution is 7.89. The van der Waals surface area contributed by atoms with Gasteiger partial charge in [-0.2, -0.15) is 4.31 Å². The minimum atomic E-state index is -3.51. The van der Waals surface area contributed by atoms with E-state index in [0.717, 1.165) is 38.2 Å². The normalized spacial score (nSPS) is 21.3. The topological polar surface area (TPSA) is 64.2 Å². The van der Waals surface area contributed by atoms with Crippen molar-refractivity contribution in [2.75, 3.05) is 66.0 Å². The number of amides is 1. The molecular formula is C21H34N4O3S. The Labute approximate surface area is 175 Å². The molecule has 2 saturated heterocycles. The lowest BCUT2D eigenvalue weighted by molar-refractivity contribution is -0.134. The van der Waals surface area contributed by atoms with Crippen LogP contribution in [0.5, 0.6) is 0 Å². The second-order valence-electron chi connectivity index (χ2n) is 8.24. The van der Waals surface area contributed by atoms with Crippen LogP contribution in [-0.2, 0) is 14.8 Å². The molecule has 1 aromatic rings. The molecular weight excluding hydrogens is 388 g/mol. The number of hydrogen-bond donors (Lipinski definition) is 0. The van der Waals surface area contributed by atoms with Crippen LogP contribution in [0, 0.1) is 0 Å². The number of carbonyl (C=O) groups excluding carboxylic acids is 1. The number of nitrogens with zero attached hydrogens (tertiary/aromatic N) is 4. The van der Waals surface area contributed by atoms with Gasteiger partial charge in [-0.05, 0) is 37.1 Å². The molecule has 0 saturated carbocycles. The van der Waals surface area contributed by atoms with Crippen molar-refractivity contribution in [2.24, 2.45) is 0 Å². The SMILES string of the molecule is CC[C@@H](C)c1ccc(S(=O)(=O)N2CCN(C(=O)CN3CCN(C)CC3)CC2)cc1. The fourth-order valence-electron chi connectivity index (χ4n) is 3.83. The first-order valence-corrected chi connectivity index (χ1v) is 12.0. The zero-order valence-electron chi connectivity index (χ0n) is 17.9. The van der Waals surface area contributed by atoms with Crippen molar-refractivity contribution < 1.29 is 13.2 Å². The van der Waals surface area contributed by atoms with Gasteiger partial charge >= 0.3 is 0 Å². The van der Waals surface area contributed by atoms with Crippen LogP contribution < -0.4 is 0 Å². The lowest BCUT2D eigenvalue weighted by atomic mass is 9.99. The molecule has 29 heavy (non-hydrogen) atoms. The number of likely N-dealkylation sites (N-methyl/N-ethyl adjacent to an activating group) is 1. The average molecular weight is 423 g/mol. The molecule has 162 valence electrons. The molecule has 1 aromatic carbocycles. The molecule has 0 aliphatic carbocycles. The second-order valence-corrected chi connectivity index (χ2v) is 10.2. The van der Waals surface area contributed by atoms with E-state index in [1.165, 1.54) is 4.31 Å². The number of rotatable bonds is 6. The number of carbonyl (C=O) groups is 1. The Balaban J connectivity index is 1.54. The fourth-order valence-corrected chi connectivity index (χ4v) is 5.25. The standard InChI is InChI=1S/C21H34N4O3S/c1-4-18(2)19-5-7-20(8-6-19)29(27,28)25-15-13-24(14-16-25)21(26)17-23-11-9-22(3)10-12-23/h5-8,18H,4,9-17H2,1-3H3/t18-/m1/s1. The molecule has 0 radical (unpaired) electrons. The molecule has 3 rings (SSSR count). The lowest BCUT2D eigenvalue weighted by Crippen LogP contribution is -2.54. The molecule has 7 nitrogen and oxygen atoms in total. The van der Waals surface area contributed by atoms with Gasteiger partial charge in [0.15, 0.2) is 0 Å². The Morgan fingerprint density at radius 2 is 1.55 bits per heavy atom. The molecule has 2 fully saturated rings. The van der Waals surface area contributed by atoms with E-state index in [2.05, 4.69) is 30.7 Å². The van der Waals surface area contributed by atoms with Crippen molar-refractivity contribution in [1.82, 2.24) is 19.0 Å². The number of benzene rings is 1. The van der Waals surface area contributed by atoms with Crippen LogP contribution in [0.3, 0.4) is 0 Å². The van der Waals surface area contributed by atoms with E-state index in [1.54, 1.807) is 17.0 Å². The summed E-state index contributed by atoms with van der Waals surface area (Å²) in [6.45, 7) is 10.1. The van der Waals surface area contributed by atoms with Gasteiger partial charge in [-0.1, -0.05) is 26.0 Å². The van der Waals surface area contributed by atoms with E-state index in [-0.39, 0.29) is 5.91 Å². The number of piperazine rings is 2. The van der Waals surface area contributed by atoms with Crippen LogP contribution in [0.2, 0.25) is 0 Å². The summed E-state index contributed by atoms with van der Waals surface area (Å²) in [6, 6.07) is 7.25. The molecule has 0 spiro atoms. The lowest BCUT2D eigenvalue weighted by Gasteiger charge is -2.36. The van der Waals surface area contributed by atoms with Gasteiger partial charge in [0.1, 0.15) is 0 Å². The molecule has 0 unspecified atom stereocenters. The molecule has 0 aromatic heterocycles. The molecule has 2 aliphatic heterocycles. The summed E-state index contributed by atoms with van der Waals surface area (Å²) < 4.78 is 27.4. The van der Waals surface area contributed by atoms with Gasteiger partial charge in [0.05, 0.1) is 11.4 Å². The molecule has 2 heterocycles. The summed E-state index contributed by atoms with van der Waals surface area (Å²) in [4.78, 5) is 19.2. The number of hydrogen-bond acceptors (Lipinski definition) is 5. The summed E-state index contributed by atoms with van der Waals surface area (Å²) in [7, 11) is -1.42. The smallest absolute Gasteiger partial charge is 0.243 e. The first-order chi connectivity index (χ1) is 13.8. The third kappa shape index (κ3) is 5.36. The molecule has 8 heteroatoms. The Morgan fingerprint density at radius 1 is 0.966 bits per heavy atom. The third-order valence-electron chi connectivity index (χ3n) is 6.25.